The van der Waals surface area contributed by atoms with Gasteiger partial charge >= 0.3 is 0 Å². The zero-order chi connectivity index (χ0) is 17.2. The molecule has 0 spiro atoms. The lowest BCUT2D eigenvalue weighted by Gasteiger charge is -2.21. The van der Waals surface area contributed by atoms with Crippen LogP contribution >= 0.6 is 0 Å². The summed E-state index contributed by atoms with van der Waals surface area (Å²) in [5.41, 5.74) is 0.941. The fourth-order valence-electron chi connectivity index (χ4n) is 2.48. The third kappa shape index (κ3) is 3.23. The second kappa shape index (κ2) is 6.33. The minimum atomic E-state index is -1.28. The van der Waals surface area contributed by atoms with Crippen LogP contribution in [0.1, 0.15) is 28.6 Å². The number of benzene rings is 1. The van der Waals surface area contributed by atoms with E-state index in [1.54, 1.807) is 42.3 Å². The molecule has 0 aliphatic heterocycles. The minimum absolute atomic E-state index is 0.0384. The van der Waals surface area contributed by atoms with Crippen LogP contribution in [-0.4, -0.2) is 27.1 Å². The van der Waals surface area contributed by atoms with Gasteiger partial charge in [-0.15, -0.1) is 0 Å². The van der Waals surface area contributed by atoms with Crippen LogP contribution in [-0.2, 0) is 5.60 Å². The Hall–Kier alpha value is -2.86. The Bertz CT molecular complexity index is 821. The summed E-state index contributed by atoms with van der Waals surface area (Å²) >= 11 is 0. The second-order valence-electron chi connectivity index (χ2n) is 5.92. The molecule has 1 amide bonds. The number of aromatic nitrogens is 2. The molecular formula is C18H19N3O3. The zero-order valence-corrected chi connectivity index (χ0v) is 13.6. The summed E-state index contributed by atoms with van der Waals surface area (Å²) in [6, 6.07) is 8.99. The average Bonchev–Trinajstić information content (AvgIpc) is 3.25. The van der Waals surface area contributed by atoms with Crippen molar-refractivity contribution in [3.63, 3.8) is 0 Å². The molecule has 2 aromatic heterocycles. The van der Waals surface area contributed by atoms with E-state index in [1.807, 2.05) is 25.1 Å². The van der Waals surface area contributed by atoms with Gasteiger partial charge in [-0.2, -0.15) is 0 Å². The number of carbonyl (C=O) groups excluding carboxylic acids is 1. The SMILES string of the molecule is Cc1ccc(-n2ccnc2)c(C(=O)NCC(C)(O)c2ccco2)c1. The maximum atomic E-state index is 12.6. The van der Waals surface area contributed by atoms with Crippen molar-refractivity contribution in [1.29, 1.82) is 0 Å². The summed E-state index contributed by atoms with van der Waals surface area (Å²) in [4.78, 5) is 16.7. The van der Waals surface area contributed by atoms with Crippen molar-refractivity contribution < 1.29 is 14.3 Å². The first-order valence-corrected chi connectivity index (χ1v) is 7.61. The van der Waals surface area contributed by atoms with Gasteiger partial charge in [0.05, 0.1) is 30.4 Å². The van der Waals surface area contributed by atoms with Crippen molar-refractivity contribution in [2.24, 2.45) is 0 Å². The molecule has 6 nitrogen and oxygen atoms in total. The number of imidazole rings is 1. The van der Waals surface area contributed by atoms with Gasteiger partial charge in [-0.3, -0.25) is 4.79 Å². The molecule has 3 aromatic rings. The third-order valence-corrected chi connectivity index (χ3v) is 3.82. The van der Waals surface area contributed by atoms with E-state index in [2.05, 4.69) is 10.3 Å². The Morgan fingerprint density at radius 3 is 2.92 bits per heavy atom. The van der Waals surface area contributed by atoms with Crippen LogP contribution in [0.3, 0.4) is 0 Å². The first-order valence-electron chi connectivity index (χ1n) is 7.61. The molecule has 24 heavy (non-hydrogen) atoms. The number of nitrogens with one attached hydrogen (secondary N) is 1. The Morgan fingerprint density at radius 1 is 1.42 bits per heavy atom. The first kappa shape index (κ1) is 16.0. The summed E-state index contributed by atoms with van der Waals surface area (Å²) in [6.45, 7) is 3.56. The van der Waals surface area contributed by atoms with E-state index in [9.17, 15) is 9.90 Å². The fraction of sp³-hybridized carbons (Fsp3) is 0.222. The van der Waals surface area contributed by atoms with E-state index in [1.165, 1.54) is 6.26 Å². The molecule has 0 aliphatic carbocycles. The molecule has 0 saturated carbocycles. The van der Waals surface area contributed by atoms with Crippen molar-refractivity contribution in [2.45, 2.75) is 19.4 Å². The lowest BCUT2D eigenvalue weighted by Crippen LogP contribution is -2.38. The summed E-state index contributed by atoms with van der Waals surface area (Å²) in [7, 11) is 0. The molecule has 1 atom stereocenters. The molecular weight excluding hydrogens is 306 g/mol. The average molecular weight is 325 g/mol. The van der Waals surface area contributed by atoms with Crippen LogP contribution in [0.25, 0.3) is 5.69 Å². The summed E-state index contributed by atoms with van der Waals surface area (Å²) < 4.78 is 7.00. The smallest absolute Gasteiger partial charge is 0.253 e. The van der Waals surface area contributed by atoms with Crippen LogP contribution in [0, 0.1) is 6.92 Å². The molecule has 0 bridgehead atoms. The zero-order valence-electron chi connectivity index (χ0n) is 13.6. The second-order valence-corrected chi connectivity index (χ2v) is 5.92. The lowest BCUT2D eigenvalue weighted by atomic mass is 10.0. The largest absolute Gasteiger partial charge is 0.466 e. The Balaban J connectivity index is 1.82. The van der Waals surface area contributed by atoms with Crippen LogP contribution in [0.15, 0.2) is 59.7 Å². The molecule has 0 aliphatic rings. The highest BCUT2D eigenvalue weighted by molar-refractivity contribution is 5.98. The van der Waals surface area contributed by atoms with E-state index in [0.29, 0.717) is 11.3 Å². The summed E-state index contributed by atoms with van der Waals surface area (Å²) in [6.07, 6.45) is 6.56. The molecule has 2 heterocycles. The molecule has 0 saturated heterocycles. The molecule has 124 valence electrons. The number of carbonyl (C=O) groups is 1. The van der Waals surface area contributed by atoms with Crippen LogP contribution < -0.4 is 5.32 Å². The van der Waals surface area contributed by atoms with Crippen molar-refractivity contribution in [2.75, 3.05) is 6.54 Å². The molecule has 1 aromatic carbocycles. The van der Waals surface area contributed by atoms with Gasteiger partial charge in [0.1, 0.15) is 11.4 Å². The number of rotatable bonds is 5. The highest BCUT2D eigenvalue weighted by Crippen LogP contribution is 2.21. The third-order valence-electron chi connectivity index (χ3n) is 3.82. The van der Waals surface area contributed by atoms with Crippen LogP contribution in [0.4, 0.5) is 0 Å². The van der Waals surface area contributed by atoms with Crippen molar-refractivity contribution in [1.82, 2.24) is 14.9 Å². The van der Waals surface area contributed by atoms with E-state index >= 15 is 0 Å². The molecule has 0 radical (unpaired) electrons. The normalized spacial score (nSPS) is 13.5. The molecule has 2 N–H and O–H groups in total. The summed E-state index contributed by atoms with van der Waals surface area (Å²) in [5, 5.41) is 13.2. The lowest BCUT2D eigenvalue weighted by molar-refractivity contribution is 0.0330. The van der Waals surface area contributed by atoms with Crippen LogP contribution in [0.5, 0.6) is 0 Å². The van der Waals surface area contributed by atoms with E-state index in [-0.39, 0.29) is 12.5 Å². The van der Waals surface area contributed by atoms with Crippen LogP contribution in [0.2, 0.25) is 0 Å². The van der Waals surface area contributed by atoms with Crippen molar-refractivity contribution in [3.8, 4) is 5.69 Å². The quantitative estimate of drug-likeness (QED) is 0.755. The first-order chi connectivity index (χ1) is 11.5. The number of hydrogen-bond acceptors (Lipinski definition) is 4. The number of nitrogens with zero attached hydrogens (tertiary/aromatic N) is 2. The summed E-state index contributed by atoms with van der Waals surface area (Å²) in [5.74, 6) is 0.135. The highest BCUT2D eigenvalue weighted by Gasteiger charge is 2.27. The standard InChI is InChI=1S/C18H19N3O3/c1-13-5-6-15(21-8-7-19-12-21)14(10-13)17(22)20-11-18(2,23)16-4-3-9-24-16/h3-10,12,23H,11H2,1-2H3,(H,20,22). The molecule has 1 unspecified atom stereocenters. The van der Waals surface area contributed by atoms with Gasteiger partial charge in [0.2, 0.25) is 0 Å². The van der Waals surface area contributed by atoms with Gasteiger partial charge in [0.15, 0.2) is 0 Å². The van der Waals surface area contributed by atoms with Gasteiger partial charge in [0.25, 0.3) is 5.91 Å². The predicted octanol–water partition coefficient (Wildman–Crippen LogP) is 2.41. The van der Waals surface area contributed by atoms with Crippen molar-refractivity contribution in [3.05, 3.63) is 72.2 Å². The molecule has 0 fully saturated rings. The van der Waals surface area contributed by atoms with E-state index < -0.39 is 5.60 Å². The number of aliphatic hydroxyl groups is 1. The van der Waals surface area contributed by atoms with Gasteiger partial charge in [-0.25, -0.2) is 4.98 Å². The predicted molar refractivity (Wildman–Crippen MR) is 88.9 cm³/mol. The van der Waals surface area contributed by atoms with Gasteiger partial charge in [-0.05, 0) is 38.1 Å². The number of furan rings is 1. The number of aryl methyl sites for hydroxylation is 1. The van der Waals surface area contributed by atoms with Gasteiger partial charge in [-0.1, -0.05) is 11.6 Å². The monoisotopic (exact) mass is 325 g/mol. The van der Waals surface area contributed by atoms with Gasteiger partial charge < -0.3 is 19.4 Å². The maximum absolute atomic E-state index is 12.6. The van der Waals surface area contributed by atoms with Gasteiger partial charge in [0, 0.05) is 12.4 Å². The Morgan fingerprint density at radius 2 is 2.25 bits per heavy atom. The van der Waals surface area contributed by atoms with E-state index in [0.717, 1.165) is 11.3 Å². The fourth-order valence-corrected chi connectivity index (χ4v) is 2.48. The number of amides is 1. The number of hydrogen-bond donors (Lipinski definition) is 2. The Labute approximate surface area is 139 Å². The molecule has 6 heteroatoms. The Kier molecular flexibility index (Phi) is 4.22. The van der Waals surface area contributed by atoms with E-state index in [4.69, 9.17) is 4.42 Å². The topological polar surface area (TPSA) is 80.3 Å². The molecule has 3 rings (SSSR count). The maximum Gasteiger partial charge on any atom is 0.253 e. The highest BCUT2D eigenvalue weighted by atomic mass is 16.4. The van der Waals surface area contributed by atoms with Crippen molar-refractivity contribution >= 4 is 5.91 Å². The minimum Gasteiger partial charge on any atom is -0.466 e.